The van der Waals surface area contributed by atoms with Gasteiger partial charge in [0.25, 0.3) is 0 Å². The zero-order valence-corrected chi connectivity index (χ0v) is 14.0. The third kappa shape index (κ3) is 14.3. The molecule has 0 saturated carbocycles. The maximum atomic E-state index is 8.85. The normalized spacial score (nSPS) is 12.8. The summed E-state index contributed by atoms with van der Waals surface area (Å²) in [6, 6.07) is 0. The summed E-state index contributed by atoms with van der Waals surface area (Å²) < 4.78 is 5.72. The highest BCUT2D eigenvalue weighted by molar-refractivity contribution is 4.59. The average Bonchev–Trinajstić information content (AvgIpc) is 2.47. The van der Waals surface area contributed by atoms with Crippen LogP contribution in [-0.2, 0) is 4.74 Å². The van der Waals surface area contributed by atoms with Gasteiger partial charge in [-0.1, -0.05) is 84.5 Å². The van der Waals surface area contributed by atoms with Crippen LogP contribution in [0.15, 0.2) is 0 Å². The van der Waals surface area contributed by atoms with Crippen LogP contribution in [-0.4, -0.2) is 24.4 Å². The number of hydrogen-bond acceptors (Lipinski definition) is 2. The summed E-state index contributed by atoms with van der Waals surface area (Å²) in [4.78, 5) is 0. The number of aliphatic hydroxyl groups is 1. The van der Waals surface area contributed by atoms with Crippen molar-refractivity contribution >= 4 is 0 Å². The summed E-state index contributed by atoms with van der Waals surface area (Å²) in [7, 11) is 0. The van der Waals surface area contributed by atoms with Crippen LogP contribution in [0.3, 0.4) is 0 Å². The predicted octanol–water partition coefficient (Wildman–Crippen LogP) is 5.48. The summed E-state index contributed by atoms with van der Waals surface area (Å²) in [6.07, 6.45) is 17.6. The summed E-state index contributed by atoms with van der Waals surface area (Å²) in [5, 5.41) is 8.85. The van der Waals surface area contributed by atoms with Gasteiger partial charge in [0, 0.05) is 0 Å². The summed E-state index contributed by atoms with van der Waals surface area (Å²) in [5.74, 6) is 0. The Balaban J connectivity index is 3.38. The van der Waals surface area contributed by atoms with Crippen LogP contribution >= 0.6 is 0 Å². The molecule has 2 heteroatoms. The average molecular weight is 286 g/mol. The Morgan fingerprint density at radius 2 is 1.20 bits per heavy atom. The molecule has 0 aromatic rings. The van der Waals surface area contributed by atoms with Gasteiger partial charge in [-0.3, -0.25) is 0 Å². The molecule has 0 saturated heterocycles. The Morgan fingerprint density at radius 1 is 0.700 bits per heavy atom. The quantitative estimate of drug-likeness (QED) is 0.381. The minimum Gasteiger partial charge on any atom is -0.394 e. The van der Waals surface area contributed by atoms with Crippen molar-refractivity contribution < 1.29 is 9.84 Å². The van der Waals surface area contributed by atoms with E-state index in [1.807, 2.05) is 0 Å². The number of aliphatic hydroxyl groups excluding tert-OH is 1. The molecule has 1 N–H and O–H groups in total. The third-order valence-electron chi connectivity index (χ3n) is 3.95. The van der Waals surface area contributed by atoms with Crippen molar-refractivity contribution in [1.29, 1.82) is 0 Å². The van der Waals surface area contributed by atoms with Crippen molar-refractivity contribution in [1.82, 2.24) is 0 Å². The smallest absolute Gasteiger partial charge is 0.0701 e. The molecule has 1 atom stereocenters. The van der Waals surface area contributed by atoms with Gasteiger partial charge in [0.2, 0.25) is 0 Å². The molecule has 0 fully saturated rings. The fraction of sp³-hybridized carbons (Fsp3) is 1.00. The van der Waals surface area contributed by atoms with Crippen molar-refractivity contribution in [2.24, 2.45) is 0 Å². The molecule has 0 aromatic heterocycles. The van der Waals surface area contributed by atoms with Gasteiger partial charge in [-0.15, -0.1) is 0 Å². The summed E-state index contributed by atoms with van der Waals surface area (Å²) in [5.41, 5.74) is 0. The molecule has 1 unspecified atom stereocenters. The third-order valence-corrected chi connectivity index (χ3v) is 3.95. The molecular formula is C18H38O2. The molecule has 0 aliphatic rings. The van der Waals surface area contributed by atoms with Crippen molar-refractivity contribution in [3.63, 3.8) is 0 Å². The molecule has 122 valence electrons. The first-order valence-electron chi connectivity index (χ1n) is 9.07. The number of rotatable bonds is 16. The first-order chi connectivity index (χ1) is 9.85. The summed E-state index contributed by atoms with van der Waals surface area (Å²) >= 11 is 0. The molecular weight excluding hydrogens is 248 g/mol. The lowest BCUT2D eigenvalue weighted by molar-refractivity contribution is 0.0169. The van der Waals surface area contributed by atoms with Gasteiger partial charge >= 0.3 is 0 Å². The van der Waals surface area contributed by atoms with Crippen LogP contribution in [0.1, 0.15) is 97.3 Å². The van der Waals surface area contributed by atoms with E-state index in [-0.39, 0.29) is 6.61 Å². The van der Waals surface area contributed by atoms with Crippen LogP contribution in [0, 0.1) is 0 Å². The minimum absolute atomic E-state index is 0.153. The molecule has 0 rings (SSSR count). The van der Waals surface area contributed by atoms with Crippen molar-refractivity contribution in [2.45, 2.75) is 103 Å². The molecule has 0 aliphatic heterocycles. The standard InChI is InChI=1S/C18H38O2/c1-3-5-7-8-9-10-11-12-13-15-18(14-6-4-2)20-17-16-19/h18-19H,3-17H2,1-2H3. The Kier molecular flexibility index (Phi) is 16.9. The zero-order valence-electron chi connectivity index (χ0n) is 14.0. The van der Waals surface area contributed by atoms with E-state index in [4.69, 9.17) is 9.84 Å². The lowest BCUT2D eigenvalue weighted by Gasteiger charge is -2.17. The van der Waals surface area contributed by atoms with Gasteiger partial charge in [-0.05, 0) is 12.8 Å². The second-order valence-corrected chi connectivity index (χ2v) is 5.98. The number of unbranched alkanes of at least 4 members (excludes halogenated alkanes) is 9. The second-order valence-electron chi connectivity index (χ2n) is 5.98. The van der Waals surface area contributed by atoms with Gasteiger partial charge in [-0.2, -0.15) is 0 Å². The van der Waals surface area contributed by atoms with Gasteiger partial charge in [0.05, 0.1) is 19.3 Å². The van der Waals surface area contributed by atoms with Crippen LogP contribution < -0.4 is 0 Å². The highest BCUT2D eigenvalue weighted by Crippen LogP contribution is 2.15. The molecule has 0 radical (unpaired) electrons. The van der Waals surface area contributed by atoms with Crippen LogP contribution in [0.2, 0.25) is 0 Å². The highest BCUT2D eigenvalue weighted by atomic mass is 16.5. The Bertz CT molecular complexity index is 163. The van der Waals surface area contributed by atoms with Crippen LogP contribution in [0.4, 0.5) is 0 Å². The van der Waals surface area contributed by atoms with Gasteiger partial charge < -0.3 is 9.84 Å². The highest BCUT2D eigenvalue weighted by Gasteiger charge is 2.07. The molecule has 0 amide bonds. The predicted molar refractivity (Wildman–Crippen MR) is 88.2 cm³/mol. The van der Waals surface area contributed by atoms with Gasteiger partial charge in [0.1, 0.15) is 0 Å². The van der Waals surface area contributed by atoms with E-state index in [0.717, 1.165) is 6.42 Å². The fourth-order valence-electron chi connectivity index (χ4n) is 2.64. The molecule has 0 aromatic carbocycles. The van der Waals surface area contributed by atoms with E-state index in [9.17, 15) is 0 Å². The Morgan fingerprint density at radius 3 is 1.75 bits per heavy atom. The number of hydrogen-bond donors (Lipinski definition) is 1. The SMILES string of the molecule is CCCCCCCCCCCC(CCCC)OCCO. The summed E-state index contributed by atoms with van der Waals surface area (Å²) in [6.45, 7) is 5.15. The van der Waals surface area contributed by atoms with E-state index in [2.05, 4.69) is 13.8 Å². The van der Waals surface area contributed by atoms with E-state index < -0.39 is 0 Å². The topological polar surface area (TPSA) is 29.5 Å². The number of ether oxygens (including phenoxy) is 1. The minimum atomic E-state index is 0.153. The van der Waals surface area contributed by atoms with Crippen LogP contribution in [0.25, 0.3) is 0 Å². The lowest BCUT2D eigenvalue weighted by Crippen LogP contribution is -2.15. The molecule has 0 aliphatic carbocycles. The van der Waals surface area contributed by atoms with Crippen molar-refractivity contribution in [2.75, 3.05) is 13.2 Å². The first kappa shape index (κ1) is 19.9. The van der Waals surface area contributed by atoms with E-state index >= 15 is 0 Å². The molecule has 0 spiro atoms. The van der Waals surface area contributed by atoms with Crippen molar-refractivity contribution in [3.05, 3.63) is 0 Å². The molecule has 0 bridgehead atoms. The largest absolute Gasteiger partial charge is 0.394 e. The van der Waals surface area contributed by atoms with Crippen LogP contribution in [0.5, 0.6) is 0 Å². The first-order valence-corrected chi connectivity index (χ1v) is 9.07. The van der Waals surface area contributed by atoms with E-state index in [1.54, 1.807) is 0 Å². The lowest BCUT2D eigenvalue weighted by atomic mass is 10.0. The van der Waals surface area contributed by atoms with Gasteiger partial charge in [0.15, 0.2) is 0 Å². The molecule has 20 heavy (non-hydrogen) atoms. The fourth-order valence-corrected chi connectivity index (χ4v) is 2.64. The molecule has 2 nitrogen and oxygen atoms in total. The maximum absolute atomic E-state index is 8.85. The van der Waals surface area contributed by atoms with E-state index in [0.29, 0.717) is 12.7 Å². The zero-order chi connectivity index (χ0) is 14.9. The van der Waals surface area contributed by atoms with Gasteiger partial charge in [-0.25, -0.2) is 0 Å². The Labute approximate surface area is 127 Å². The monoisotopic (exact) mass is 286 g/mol. The molecule has 0 heterocycles. The second kappa shape index (κ2) is 17.0. The van der Waals surface area contributed by atoms with E-state index in [1.165, 1.54) is 77.0 Å². The Hall–Kier alpha value is -0.0800. The maximum Gasteiger partial charge on any atom is 0.0701 e. The van der Waals surface area contributed by atoms with Crippen molar-refractivity contribution in [3.8, 4) is 0 Å².